The molecule has 4 heteroatoms. The zero-order valence-corrected chi connectivity index (χ0v) is 10.5. The van der Waals surface area contributed by atoms with Crippen molar-refractivity contribution in [3.05, 3.63) is 35.4 Å². The molecule has 2 rings (SSSR count). The van der Waals surface area contributed by atoms with E-state index in [0.29, 0.717) is 12.6 Å². The molecule has 1 aliphatic rings. The van der Waals surface area contributed by atoms with Gasteiger partial charge in [0, 0.05) is 13.2 Å². The van der Waals surface area contributed by atoms with Crippen molar-refractivity contribution in [1.82, 2.24) is 5.32 Å². The van der Waals surface area contributed by atoms with E-state index in [1.807, 2.05) is 24.3 Å². The summed E-state index contributed by atoms with van der Waals surface area (Å²) in [5, 5.41) is 2.27. The second kappa shape index (κ2) is 5.52. The van der Waals surface area contributed by atoms with Gasteiger partial charge in [-0.05, 0) is 24.0 Å². The van der Waals surface area contributed by atoms with Gasteiger partial charge in [0.25, 0.3) is 0 Å². The van der Waals surface area contributed by atoms with Crippen LogP contribution in [-0.2, 0) is 16.1 Å². The van der Waals surface area contributed by atoms with Gasteiger partial charge in [-0.15, -0.1) is 11.6 Å². The smallest absolute Gasteiger partial charge is 0.242 e. The van der Waals surface area contributed by atoms with Crippen LogP contribution in [-0.4, -0.2) is 19.1 Å². The first kappa shape index (κ1) is 12.4. The summed E-state index contributed by atoms with van der Waals surface area (Å²) in [6.07, 6.45) is 2.13. The number of rotatable bonds is 5. The highest BCUT2D eigenvalue weighted by atomic mass is 35.5. The number of benzene rings is 1. The lowest BCUT2D eigenvalue weighted by Crippen LogP contribution is -2.29. The Balaban J connectivity index is 2.10. The quantitative estimate of drug-likeness (QED) is 0.819. The number of hydrogen-bond acceptors (Lipinski definition) is 2. The summed E-state index contributed by atoms with van der Waals surface area (Å²) in [6, 6.07) is 7.93. The summed E-state index contributed by atoms with van der Waals surface area (Å²) in [5.41, 5.74) is 1.79. The molecule has 1 aromatic carbocycles. The van der Waals surface area contributed by atoms with E-state index in [2.05, 4.69) is 5.32 Å². The highest BCUT2D eigenvalue weighted by Crippen LogP contribution is 2.27. The highest BCUT2D eigenvalue weighted by Gasteiger charge is 2.28. The molecule has 17 heavy (non-hydrogen) atoms. The summed E-state index contributed by atoms with van der Waals surface area (Å²) in [6.45, 7) is 0.468. The SMILES string of the molecule is COCc1ccccc1C(Cl)C(=O)NC1CC1. The van der Waals surface area contributed by atoms with Gasteiger partial charge < -0.3 is 10.1 Å². The monoisotopic (exact) mass is 253 g/mol. The van der Waals surface area contributed by atoms with Crippen LogP contribution < -0.4 is 5.32 Å². The molecule has 1 N–H and O–H groups in total. The Morgan fingerprint density at radius 2 is 2.24 bits per heavy atom. The first-order valence-corrected chi connectivity index (χ1v) is 6.17. The average Bonchev–Trinajstić information content (AvgIpc) is 3.13. The van der Waals surface area contributed by atoms with Crippen LogP contribution in [0.25, 0.3) is 0 Å². The van der Waals surface area contributed by atoms with Crippen molar-refractivity contribution in [3.8, 4) is 0 Å². The summed E-state index contributed by atoms with van der Waals surface area (Å²) in [5.74, 6) is -0.113. The minimum Gasteiger partial charge on any atom is -0.380 e. The van der Waals surface area contributed by atoms with E-state index in [0.717, 1.165) is 24.0 Å². The van der Waals surface area contributed by atoms with Crippen molar-refractivity contribution < 1.29 is 9.53 Å². The molecule has 3 nitrogen and oxygen atoms in total. The summed E-state index contributed by atoms with van der Waals surface area (Å²) in [7, 11) is 1.63. The van der Waals surface area contributed by atoms with Gasteiger partial charge in [-0.3, -0.25) is 4.79 Å². The minimum atomic E-state index is -0.637. The predicted octanol–water partition coefficient (Wildman–Crippen LogP) is 2.39. The lowest BCUT2D eigenvalue weighted by atomic mass is 10.0. The maximum atomic E-state index is 11.9. The molecule has 0 radical (unpaired) electrons. The van der Waals surface area contributed by atoms with Crippen LogP contribution in [0, 0.1) is 0 Å². The fourth-order valence-corrected chi connectivity index (χ4v) is 1.99. The Bertz CT molecular complexity index is 404. The highest BCUT2D eigenvalue weighted by molar-refractivity contribution is 6.30. The zero-order chi connectivity index (χ0) is 12.3. The Kier molecular flexibility index (Phi) is 4.02. The number of nitrogens with one attached hydrogen (secondary N) is 1. The van der Waals surface area contributed by atoms with Gasteiger partial charge in [-0.25, -0.2) is 0 Å². The lowest BCUT2D eigenvalue weighted by molar-refractivity contribution is -0.121. The molecule has 1 amide bonds. The van der Waals surface area contributed by atoms with E-state index in [-0.39, 0.29) is 5.91 Å². The van der Waals surface area contributed by atoms with Crippen LogP contribution in [0.2, 0.25) is 0 Å². The number of amides is 1. The van der Waals surface area contributed by atoms with E-state index >= 15 is 0 Å². The van der Waals surface area contributed by atoms with Crippen molar-refractivity contribution in [2.75, 3.05) is 7.11 Å². The molecular formula is C13H16ClNO2. The molecule has 0 aliphatic heterocycles. The molecule has 0 saturated heterocycles. The first-order valence-electron chi connectivity index (χ1n) is 5.73. The van der Waals surface area contributed by atoms with Crippen molar-refractivity contribution >= 4 is 17.5 Å². The molecule has 0 heterocycles. The minimum absolute atomic E-state index is 0.113. The van der Waals surface area contributed by atoms with Crippen LogP contribution in [0.15, 0.2) is 24.3 Å². The standard InChI is InChI=1S/C13H16ClNO2/c1-17-8-9-4-2-3-5-11(9)12(14)13(16)15-10-6-7-10/h2-5,10,12H,6-8H2,1H3,(H,15,16). The molecule has 0 bridgehead atoms. The molecule has 0 aromatic heterocycles. The number of carbonyl (C=O) groups is 1. The van der Waals surface area contributed by atoms with Gasteiger partial charge in [0.05, 0.1) is 6.61 Å². The van der Waals surface area contributed by atoms with E-state index < -0.39 is 5.38 Å². The third kappa shape index (κ3) is 3.20. The van der Waals surface area contributed by atoms with Crippen LogP contribution in [0.3, 0.4) is 0 Å². The number of alkyl halides is 1. The maximum absolute atomic E-state index is 11.9. The van der Waals surface area contributed by atoms with Gasteiger partial charge in [0.1, 0.15) is 5.38 Å². The van der Waals surface area contributed by atoms with E-state index in [1.54, 1.807) is 7.11 Å². The third-order valence-electron chi connectivity index (χ3n) is 2.78. The van der Waals surface area contributed by atoms with Crippen LogP contribution >= 0.6 is 11.6 Å². The number of halogens is 1. The molecular weight excluding hydrogens is 238 g/mol. The van der Waals surface area contributed by atoms with Crippen LogP contribution in [0.5, 0.6) is 0 Å². The second-order valence-corrected chi connectivity index (χ2v) is 4.71. The largest absolute Gasteiger partial charge is 0.380 e. The van der Waals surface area contributed by atoms with Gasteiger partial charge in [-0.2, -0.15) is 0 Å². The zero-order valence-electron chi connectivity index (χ0n) is 9.78. The fraction of sp³-hybridized carbons (Fsp3) is 0.462. The molecule has 1 aromatic rings. The number of methoxy groups -OCH3 is 1. The Morgan fingerprint density at radius 3 is 2.88 bits per heavy atom. The lowest BCUT2D eigenvalue weighted by Gasteiger charge is -2.14. The Labute approximate surface area is 106 Å². The number of ether oxygens (including phenoxy) is 1. The molecule has 1 atom stereocenters. The summed E-state index contributed by atoms with van der Waals surface area (Å²) >= 11 is 6.20. The average molecular weight is 254 g/mol. The van der Waals surface area contributed by atoms with Crippen molar-refractivity contribution in [3.63, 3.8) is 0 Å². The van der Waals surface area contributed by atoms with Gasteiger partial charge in [0.2, 0.25) is 5.91 Å². The first-order chi connectivity index (χ1) is 8.22. The molecule has 1 fully saturated rings. The van der Waals surface area contributed by atoms with Crippen molar-refractivity contribution in [2.24, 2.45) is 0 Å². The van der Waals surface area contributed by atoms with Gasteiger partial charge in [-0.1, -0.05) is 24.3 Å². The summed E-state index contributed by atoms with van der Waals surface area (Å²) in [4.78, 5) is 11.9. The number of carbonyl (C=O) groups excluding carboxylic acids is 1. The predicted molar refractivity (Wildman–Crippen MR) is 66.9 cm³/mol. The Morgan fingerprint density at radius 1 is 1.53 bits per heavy atom. The van der Waals surface area contributed by atoms with E-state index in [4.69, 9.17) is 16.3 Å². The summed E-state index contributed by atoms with van der Waals surface area (Å²) < 4.78 is 5.10. The molecule has 92 valence electrons. The van der Waals surface area contributed by atoms with Crippen molar-refractivity contribution in [1.29, 1.82) is 0 Å². The van der Waals surface area contributed by atoms with Crippen LogP contribution in [0.1, 0.15) is 29.3 Å². The normalized spacial score (nSPS) is 16.6. The van der Waals surface area contributed by atoms with Crippen LogP contribution in [0.4, 0.5) is 0 Å². The van der Waals surface area contributed by atoms with Crippen molar-refractivity contribution in [2.45, 2.75) is 30.9 Å². The number of hydrogen-bond donors (Lipinski definition) is 1. The fourth-order valence-electron chi connectivity index (χ4n) is 1.71. The Hall–Kier alpha value is -1.06. The molecule has 1 aliphatic carbocycles. The van der Waals surface area contributed by atoms with E-state index in [9.17, 15) is 4.79 Å². The van der Waals surface area contributed by atoms with Gasteiger partial charge in [0.15, 0.2) is 0 Å². The van der Waals surface area contributed by atoms with E-state index in [1.165, 1.54) is 0 Å². The molecule has 1 unspecified atom stereocenters. The third-order valence-corrected chi connectivity index (χ3v) is 3.22. The second-order valence-electron chi connectivity index (χ2n) is 4.28. The maximum Gasteiger partial charge on any atom is 0.242 e. The molecule has 0 spiro atoms. The molecule has 1 saturated carbocycles. The topological polar surface area (TPSA) is 38.3 Å². The van der Waals surface area contributed by atoms with Gasteiger partial charge >= 0.3 is 0 Å².